The van der Waals surface area contributed by atoms with Crippen LogP contribution in [0, 0.1) is 0 Å². The summed E-state index contributed by atoms with van der Waals surface area (Å²) in [5, 5.41) is 3.65. The van der Waals surface area contributed by atoms with Crippen molar-refractivity contribution in [2.75, 3.05) is 0 Å². The normalized spacial score (nSPS) is 11.4. The number of hydrogen-bond acceptors (Lipinski definition) is 3. The Bertz CT molecular complexity index is 620. The lowest BCUT2D eigenvalue weighted by atomic mass is 10.1. The van der Waals surface area contributed by atoms with Gasteiger partial charge in [0.25, 0.3) is 0 Å². The van der Waals surface area contributed by atoms with Gasteiger partial charge in [-0.05, 0) is 54.9 Å². The molecule has 2 aromatic rings. The van der Waals surface area contributed by atoms with Crippen LogP contribution >= 0.6 is 15.9 Å². The number of fused-ring (bicyclic) bond motifs is 1. The van der Waals surface area contributed by atoms with E-state index in [9.17, 15) is 4.79 Å². The molecule has 0 fully saturated rings. The fraction of sp³-hybridized carbons (Fsp3) is 0.286. The van der Waals surface area contributed by atoms with E-state index in [-0.39, 0.29) is 5.54 Å². The second kappa shape index (κ2) is 5.17. The minimum absolute atomic E-state index is 0.331. The van der Waals surface area contributed by atoms with Gasteiger partial charge in [0, 0.05) is 17.1 Å². The van der Waals surface area contributed by atoms with Crippen LogP contribution in [0.15, 0.2) is 34.9 Å². The van der Waals surface area contributed by atoms with E-state index in [1.54, 1.807) is 12.3 Å². The van der Waals surface area contributed by atoms with Crippen LogP contribution in [0.5, 0.6) is 5.75 Å². The van der Waals surface area contributed by atoms with Gasteiger partial charge in [-0.25, -0.2) is 4.79 Å². The Balaban J connectivity index is 2.26. The number of nitrogens with one attached hydrogen (secondary N) is 1. The van der Waals surface area contributed by atoms with E-state index < -0.39 is 6.09 Å². The van der Waals surface area contributed by atoms with Crippen molar-refractivity contribution >= 4 is 32.9 Å². The van der Waals surface area contributed by atoms with Gasteiger partial charge >= 0.3 is 6.09 Å². The number of carbonyl (C=O) groups is 1. The number of nitrogens with zero attached hydrogens (tertiary/aromatic N) is 1. The molecule has 1 aromatic carbocycles. The number of hydrogen-bond donors (Lipinski definition) is 1. The molecule has 0 aliphatic heterocycles. The second-order valence-electron chi connectivity index (χ2n) is 5.21. The number of rotatable bonds is 1. The maximum Gasteiger partial charge on any atom is 0.413 e. The van der Waals surface area contributed by atoms with Crippen molar-refractivity contribution in [1.82, 2.24) is 10.3 Å². The molecule has 1 amide bonds. The minimum Gasteiger partial charge on any atom is -0.409 e. The molecule has 0 saturated carbocycles. The van der Waals surface area contributed by atoms with Gasteiger partial charge in [-0.1, -0.05) is 6.07 Å². The fourth-order valence-corrected chi connectivity index (χ4v) is 2.16. The molecule has 0 aliphatic carbocycles. The van der Waals surface area contributed by atoms with Crippen LogP contribution in [0.2, 0.25) is 0 Å². The van der Waals surface area contributed by atoms with E-state index in [0.29, 0.717) is 5.75 Å². The first kappa shape index (κ1) is 13.8. The molecule has 0 spiro atoms. The Morgan fingerprint density at radius 1 is 1.32 bits per heavy atom. The van der Waals surface area contributed by atoms with Crippen LogP contribution in [-0.2, 0) is 0 Å². The van der Waals surface area contributed by atoms with Crippen LogP contribution in [0.1, 0.15) is 20.8 Å². The minimum atomic E-state index is -0.476. The summed E-state index contributed by atoms with van der Waals surface area (Å²) in [6.07, 6.45) is 1.25. The van der Waals surface area contributed by atoms with Crippen LogP contribution in [0.4, 0.5) is 4.79 Å². The highest BCUT2D eigenvalue weighted by Gasteiger charge is 2.17. The summed E-state index contributed by atoms with van der Waals surface area (Å²) in [5.41, 5.74) is 0.514. The zero-order chi connectivity index (χ0) is 14.0. The molecule has 0 radical (unpaired) electrons. The average molecular weight is 323 g/mol. The molecule has 0 atom stereocenters. The maximum atomic E-state index is 11.7. The quantitative estimate of drug-likeness (QED) is 0.866. The van der Waals surface area contributed by atoms with Gasteiger partial charge in [-0.2, -0.15) is 0 Å². The predicted molar refractivity (Wildman–Crippen MR) is 78.4 cm³/mol. The van der Waals surface area contributed by atoms with Crippen LogP contribution in [0.3, 0.4) is 0 Å². The zero-order valence-corrected chi connectivity index (χ0v) is 12.6. The predicted octanol–water partition coefficient (Wildman–Crippen LogP) is 3.88. The first-order valence-corrected chi connectivity index (χ1v) is 6.69. The smallest absolute Gasteiger partial charge is 0.409 e. The lowest BCUT2D eigenvalue weighted by Crippen LogP contribution is -2.42. The topological polar surface area (TPSA) is 51.2 Å². The summed E-state index contributed by atoms with van der Waals surface area (Å²) in [7, 11) is 0. The maximum absolute atomic E-state index is 11.7. The Labute approximate surface area is 120 Å². The van der Waals surface area contributed by atoms with Crippen LogP contribution in [-0.4, -0.2) is 16.6 Å². The molecule has 100 valence electrons. The number of halogens is 1. The third kappa shape index (κ3) is 3.44. The number of carbonyl (C=O) groups excluding carboxylic acids is 1. The van der Waals surface area contributed by atoms with Crippen molar-refractivity contribution in [3.63, 3.8) is 0 Å². The van der Waals surface area contributed by atoms with Crippen molar-refractivity contribution < 1.29 is 9.53 Å². The first-order chi connectivity index (χ1) is 8.87. The monoisotopic (exact) mass is 322 g/mol. The van der Waals surface area contributed by atoms with Crippen molar-refractivity contribution in [3.8, 4) is 5.75 Å². The standard InChI is InChI=1S/C14H15BrN2O2/c1-14(2,3)17-13(18)19-11-7-6-10-9(12(11)15)5-4-8-16-10/h4-8H,1-3H3,(H,17,18). The Hall–Kier alpha value is -1.62. The molecule has 0 unspecified atom stereocenters. The Morgan fingerprint density at radius 2 is 2.05 bits per heavy atom. The molecule has 0 aliphatic rings. The SMILES string of the molecule is CC(C)(C)NC(=O)Oc1ccc2ncccc2c1Br. The summed E-state index contributed by atoms with van der Waals surface area (Å²) in [6.45, 7) is 5.69. The van der Waals surface area contributed by atoms with E-state index in [1.807, 2.05) is 39.0 Å². The van der Waals surface area contributed by atoms with Gasteiger partial charge in [0.1, 0.15) is 5.75 Å². The van der Waals surface area contributed by atoms with Crippen molar-refractivity contribution in [3.05, 3.63) is 34.9 Å². The molecule has 0 saturated heterocycles. The van der Waals surface area contributed by atoms with E-state index in [2.05, 4.69) is 26.2 Å². The van der Waals surface area contributed by atoms with Crippen LogP contribution < -0.4 is 10.1 Å². The van der Waals surface area contributed by atoms with Crippen LogP contribution in [0.25, 0.3) is 10.9 Å². The third-order valence-corrected chi connectivity index (χ3v) is 3.18. The van der Waals surface area contributed by atoms with E-state index in [1.165, 1.54) is 0 Å². The van der Waals surface area contributed by atoms with Gasteiger partial charge in [-0.15, -0.1) is 0 Å². The second-order valence-corrected chi connectivity index (χ2v) is 6.01. The summed E-state index contributed by atoms with van der Waals surface area (Å²) in [5.74, 6) is 0.474. The molecule has 5 heteroatoms. The lowest BCUT2D eigenvalue weighted by Gasteiger charge is -2.20. The molecule has 4 nitrogen and oxygen atoms in total. The molecule has 2 rings (SSSR count). The Kier molecular flexibility index (Phi) is 3.75. The molecule has 0 bridgehead atoms. The third-order valence-electron chi connectivity index (χ3n) is 2.36. The zero-order valence-electron chi connectivity index (χ0n) is 11.0. The van der Waals surface area contributed by atoms with Gasteiger partial charge in [-0.3, -0.25) is 4.98 Å². The van der Waals surface area contributed by atoms with Gasteiger partial charge in [0.05, 0.1) is 9.99 Å². The largest absolute Gasteiger partial charge is 0.413 e. The Morgan fingerprint density at radius 3 is 2.74 bits per heavy atom. The number of ether oxygens (including phenoxy) is 1. The van der Waals surface area contributed by atoms with E-state index in [4.69, 9.17) is 4.74 Å². The van der Waals surface area contributed by atoms with Gasteiger partial charge in [0.15, 0.2) is 0 Å². The van der Waals surface area contributed by atoms with Gasteiger partial charge < -0.3 is 10.1 Å². The molecule has 1 heterocycles. The van der Waals surface area contributed by atoms with Crippen molar-refractivity contribution in [1.29, 1.82) is 0 Å². The molecular weight excluding hydrogens is 308 g/mol. The summed E-state index contributed by atoms with van der Waals surface area (Å²) >= 11 is 3.44. The fourth-order valence-electron chi connectivity index (χ4n) is 1.61. The average Bonchev–Trinajstić information content (AvgIpc) is 2.31. The molecule has 1 aromatic heterocycles. The number of benzene rings is 1. The summed E-state index contributed by atoms with van der Waals surface area (Å²) in [6, 6.07) is 7.30. The van der Waals surface area contributed by atoms with Gasteiger partial charge in [0.2, 0.25) is 0 Å². The number of pyridine rings is 1. The summed E-state index contributed by atoms with van der Waals surface area (Å²) in [4.78, 5) is 16.0. The number of aromatic nitrogens is 1. The van der Waals surface area contributed by atoms with E-state index >= 15 is 0 Å². The molecule has 19 heavy (non-hydrogen) atoms. The highest BCUT2D eigenvalue weighted by atomic mass is 79.9. The summed E-state index contributed by atoms with van der Waals surface area (Å²) < 4.78 is 6.03. The molecular formula is C14H15BrN2O2. The van der Waals surface area contributed by atoms with Crippen molar-refractivity contribution in [2.24, 2.45) is 0 Å². The van der Waals surface area contributed by atoms with E-state index in [0.717, 1.165) is 15.4 Å². The number of amides is 1. The van der Waals surface area contributed by atoms with Crippen molar-refractivity contribution in [2.45, 2.75) is 26.3 Å². The first-order valence-electron chi connectivity index (χ1n) is 5.90. The highest BCUT2D eigenvalue weighted by molar-refractivity contribution is 9.10. The highest BCUT2D eigenvalue weighted by Crippen LogP contribution is 2.32. The lowest BCUT2D eigenvalue weighted by molar-refractivity contribution is 0.190. The molecule has 1 N–H and O–H groups in total.